The van der Waals surface area contributed by atoms with Gasteiger partial charge in [-0.2, -0.15) is 0 Å². The van der Waals surface area contributed by atoms with Crippen molar-refractivity contribution in [3.8, 4) is 23.0 Å². The smallest absolute Gasteiger partial charge is 0.457 e. The van der Waals surface area contributed by atoms with Crippen LogP contribution in [0.15, 0.2) is 47.6 Å². The van der Waals surface area contributed by atoms with Crippen LogP contribution in [0, 0.1) is 0 Å². The molecule has 0 saturated carbocycles. The number of nitrogens with one attached hydrogen (secondary N) is 4. The van der Waals surface area contributed by atoms with Gasteiger partial charge < -0.3 is 19.1 Å². The van der Waals surface area contributed by atoms with Gasteiger partial charge in [0, 0.05) is 41.6 Å². The number of guanidine groups is 1. The maximum absolute atomic E-state index is 13.2. The molecule has 3 aliphatic rings. The van der Waals surface area contributed by atoms with Crippen LogP contribution in [0.5, 0.6) is 23.0 Å². The number of carbonyl (C=O) groups is 1. The van der Waals surface area contributed by atoms with Gasteiger partial charge in [0.25, 0.3) is 0 Å². The lowest BCUT2D eigenvalue weighted by Gasteiger charge is -2.34. The van der Waals surface area contributed by atoms with Crippen LogP contribution >= 0.6 is 0 Å². The number of benzene rings is 2. The third kappa shape index (κ3) is 4.99. The molecule has 13 heteroatoms. The lowest BCUT2D eigenvalue weighted by atomic mass is 10.2. The molecule has 11 nitrogen and oxygen atoms in total. The van der Waals surface area contributed by atoms with Crippen molar-refractivity contribution in [3.05, 3.63) is 48.0 Å². The zero-order chi connectivity index (χ0) is 22.8. The molecule has 2 aromatic rings. The van der Waals surface area contributed by atoms with Crippen LogP contribution in [-0.2, 0) is 6.54 Å². The van der Waals surface area contributed by atoms with Crippen LogP contribution in [0.1, 0.15) is 8.42 Å². The summed E-state index contributed by atoms with van der Waals surface area (Å²) in [5.41, 5.74) is 8.73. The number of rotatable bonds is 4. The first-order valence-electron chi connectivity index (χ1n) is 10.2. The molecule has 3 heterocycles. The molecule has 0 atom stereocenters. The lowest BCUT2D eigenvalue weighted by Crippen LogP contribution is -2.54. The molecule has 0 bridgehead atoms. The highest BCUT2D eigenvalue weighted by atomic mass is 19.3. The number of fused-ring (bicyclic) bond motifs is 1. The Morgan fingerprint density at radius 3 is 2.70 bits per heavy atom. The molecule has 0 spiro atoms. The topological polar surface area (TPSA) is 112 Å². The van der Waals surface area contributed by atoms with Gasteiger partial charge in [-0.25, -0.2) is 10.3 Å². The van der Waals surface area contributed by atoms with Crippen molar-refractivity contribution < 1.29 is 30.6 Å². The predicted octanol–water partition coefficient (Wildman–Crippen LogP) is 2.00. The molecule has 1 saturated heterocycles. The Morgan fingerprint density at radius 2 is 1.91 bits per heavy atom. The van der Waals surface area contributed by atoms with Gasteiger partial charge in [-0.3, -0.25) is 15.6 Å². The van der Waals surface area contributed by atoms with E-state index in [2.05, 4.69) is 41.3 Å². The fourth-order valence-corrected chi connectivity index (χ4v) is 3.64. The Labute approximate surface area is 190 Å². The average Bonchev–Trinajstić information content (AvgIpc) is 3.40. The highest BCUT2D eigenvalue weighted by molar-refractivity contribution is 5.96. The fourth-order valence-electron chi connectivity index (χ4n) is 3.64. The molecule has 3 aliphatic heterocycles. The average molecular weight is 465 g/mol. The van der Waals surface area contributed by atoms with E-state index in [4.69, 9.17) is 4.74 Å². The van der Waals surface area contributed by atoms with E-state index >= 15 is 0 Å². The molecule has 5 rings (SSSR count). The Bertz CT molecular complexity index is 1090. The first-order chi connectivity index (χ1) is 15.9. The molecule has 0 radical (unpaired) electrons. The van der Waals surface area contributed by atoms with Crippen LogP contribution < -0.4 is 36.0 Å². The van der Waals surface area contributed by atoms with Crippen LogP contribution in [0.2, 0.25) is 0 Å². The van der Waals surface area contributed by atoms with Gasteiger partial charge in [0.05, 0.1) is 0 Å². The summed E-state index contributed by atoms with van der Waals surface area (Å²) in [5, 5.41) is 6.49. The number of alkyl halides is 2. The van der Waals surface area contributed by atoms with Crippen molar-refractivity contribution in [2.45, 2.75) is 12.8 Å². The number of urea groups is 1. The van der Waals surface area contributed by atoms with E-state index in [-0.39, 0.29) is 20.4 Å². The van der Waals surface area contributed by atoms with Gasteiger partial charge in [0.2, 0.25) is 5.96 Å². The van der Waals surface area contributed by atoms with Gasteiger partial charge in [-0.1, -0.05) is 12.1 Å². The highest BCUT2D eigenvalue weighted by Crippen LogP contribution is 2.43. The Morgan fingerprint density at radius 1 is 1.12 bits per heavy atom. The van der Waals surface area contributed by atoms with Crippen LogP contribution in [0.3, 0.4) is 0 Å². The number of nitrogens with zero attached hydrogens (tertiary/aromatic N) is 3. The van der Waals surface area contributed by atoms with E-state index in [1.807, 2.05) is 18.2 Å². The van der Waals surface area contributed by atoms with E-state index < -0.39 is 6.29 Å². The molecule has 33 heavy (non-hydrogen) atoms. The summed E-state index contributed by atoms with van der Waals surface area (Å²) in [5.74, 6) is 1.14. The maximum Gasteiger partial charge on any atom is 0.586 e. The summed E-state index contributed by atoms with van der Waals surface area (Å²) < 4.78 is 41.1. The van der Waals surface area contributed by atoms with Crippen LogP contribution in [0.4, 0.5) is 13.6 Å². The predicted molar refractivity (Wildman–Crippen MR) is 116 cm³/mol. The largest absolute Gasteiger partial charge is 0.586 e. The number of carbonyl (C=O) groups excluding carboxylic acids is 1. The van der Waals surface area contributed by atoms with E-state index in [1.165, 1.54) is 12.1 Å². The molecule has 2 amide bonds. The van der Waals surface area contributed by atoms with Gasteiger partial charge in [-0.15, -0.1) is 19.4 Å². The summed E-state index contributed by atoms with van der Waals surface area (Å²) in [4.78, 5) is 16.2. The number of hydrazone groups is 1. The first-order valence-corrected chi connectivity index (χ1v) is 10.2. The third-order valence-electron chi connectivity index (χ3n) is 5.20. The number of ether oxygens (including phenoxy) is 3. The standard InChI is InChI=1S/C20H21F2N7O4.2H2/c21-20(22)32-16-5-4-15(11-17(16)33-20)31-14-3-1-2-13(10-14)12-28-6-8-29(9-7-28)19(30)23-18-24-26-27-25-18;;/h1-5,10-11,26-27H,6-9,12H2,(H2,23,24,25,30);2*1H. The van der Waals surface area contributed by atoms with Gasteiger partial charge >= 0.3 is 12.3 Å². The second-order valence-corrected chi connectivity index (χ2v) is 7.54. The van der Waals surface area contributed by atoms with Crippen molar-refractivity contribution >= 4 is 12.0 Å². The number of amides is 2. The van der Waals surface area contributed by atoms with Crippen molar-refractivity contribution in [3.63, 3.8) is 0 Å². The Kier molecular flexibility index (Phi) is 5.48. The normalized spacial score (nSPS) is 18.8. The zero-order valence-electron chi connectivity index (χ0n) is 17.3. The molecule has 0 aliphatic carbocycles. The summed E-state index contributed by atoms with van der Waals surface area (Å²) in [6.45, 7) is 3.27. The SMILES string of the molecule is O=C(NC1=NNNN1)N1CCN(Cc2cccc(Oc3ccc4c(c3)OC(F)(F)O4)c2)CC1.[HH].[HH]. The minimum atomic E-state index is -3.67. The molecule has 0 unspecified atom stereocenters. The fraction of sp³-hybridized carbons (Fsp3) is 0.300. The number of hydrazine groups is 2. The van der Waals surface area contributed by atoms with Crippen molar-refractivity contribution in [2.75, 3.05) is 26.2 Å². The zero-order valence-corrected chi connectivity index (χ0v) is 17.3. The summed E-state index contributed by atoms with van der Waals surface area (Å²) >= 11 is 0. The number of hydrogen-bond donors (Lipinski definition) is 4. The highest BCUT2D eigenvalue weighted by Gasteiger charge is 2.43. The first kappa shape index (κ1) is 21.0. The minimum absolute atomic E-state index is 0. The van der Waals surface area contributed by atoms with Crippen LogP contribution in [0.25, 0.3) is 0 Å². The number of piperazine rings is 1. The molecular weight excluding hydrogens is 440 g/mol. The quantitative estimate of drug-likeness (QED) is 0.543. The van der Waals surface area contributed by atoms with E-state index in [1.54, 1.807) is 17.0 Å². The van der Waals surface area contributed by atoms with Gasteiger partial charge in [-0.05, 0) is 29.8 Å². The summed E-state index contributed by atoms with van der Waals surface area (Å²) in [6, 6.07) is 11.6. The van der Waals surface area contributed by atoms with Gasteiger partial charge in [0.15, 0.2) is 11.5 Å². The number of hydrogen-bond acceptors (Lipinski definition) is 9. The van der Waals surface area contributed by atoms with Crippen molar-refractivity contribution in [1.29, 1.82) is 0 Å². The molecule has 178 valence electrons. The van der Waals surface area contributed by atoms with Gasteiger partial charge in [0.1, 0.15) is 11.5 Å². The van der Waals surface area contributed by atoms with E-state index in [0.29, 0.717) is 50.2 Å². The molecular formula is C20H25F2N7O4. The molecule has 2 aromatic carbocycles. The van der Waals surface area contributed by atoms with E-state index in [9.17, 15) is 13.6 Å². The Hall–Kier alpha value is -3.84. The van der Waals surface area contributed by atoms with Crippen molar-refractivity contribution in [2.24, 2.45) is 5.10 Å². The second-order valence-electron chi connectivity index (χ2n) is 7.54. The van der Waals surface area contributed by atoms with Crippen molar-refractivity contribution in [1.82, 2.24) is 31.6 Å². The lowest BCUT2D eigenvalue weighted by molar-refractivity contribution is -0.286. The molecule has 4 N–H and O–H groups in total. The monoisotopic (exact) mass is 465 g/mol. The molecule has 0 aromatic heterocycles. The third-order valence-corrected chi connectivity index (χ3v) is 5.20. The second kappa shape index (κ2) is 8.60. The number of halogens is 2. The summed E-state index contributed by atoms with van der Waals surface area (Å²) in [6.07, 6.45) is -3.67. The van der Waals surface area contributed by atoms with Crippen LogP contribution in [-0.4, -0.2) is 54.3 Å². The minimum Gasteiger partial charge on any atom is -0.457 e. The maximum atomic E-state index is 13.2. The Balaban J connectivity index is 0.00000171. The van der Waals surface area contributed by atoms with E-state index in [0.717, 1.165) is 5.56 Å². The molecule has 1 fully saturated rings. The summed E-state index contributed by atoms with van der Waals surface area (Å²) in [7, 11) is 0.